The van der Waals surface area contributed by atoms with E-state index in [0.29, 0.717) is 23.9 Å². The van der Waals surface area contributed by atoms with Gasteiger partial charge in [0.25, 0.3) is 5.69 Å². The Kier molecular flexibility index (Phi) is 8.31. The van der Waals surface area contributed by atoms with E-state index in [1.807, 2.05) is 0 Å². The first-order valence-corrected chi connectivity index (χ1v) is 10.6. The molecule has 168 valence electrons. The van der Waals surface area contributed by atoms with Crippen LogP contribution in [0.1, 0.15) is 24.8 Å². The van der Waals surface area contributed by atoms with Crippen molar-refractivity contribution in [3.05, 3.63) is 71.3 Å². The minimum Gasteiger partial charge on any atom is -0.453 e. The average molecular weight is 439 g/mol. The highest BCUT2D eigenvalue weighted by Crippen LogP contribution is 2.29. The Hall–Kier alpha value is -3.28. The zero-order chi connectivity index (χ0) is 22.9. The van der Waals surface area contributed by atoms with E-state index >= 15 is 0 Å². The van der Waals surface area contributed by atoms with Crippen LogP contribution in [0.4, 0.5) is 10.1 Å². The molecule has 1 aromatic heterocycles. The van der Waals surface area contributed by atoms with Gasteiger partial charge in [-0.15, -0.1) is 13.2 Å². The Morgan fingerprint density at radius 3 is 2.72 bits per heavy atom. The van der Waals surface area contributed by atoms with E-state index in [1.165, 1.54) is 50.7 Å². The van der Waals surface area contributed by atoms with Gasteiger partial charge in [-0.1, -0.05) is 11.8 Å². The molecule has 0 radical (unpaired) electrons. The number of nitrogens with zero attached hydrogens (tertiary/aromatic N) is 4. The van der Waals surface area contributed by atoms with Gasteiger partial charge in [-0.3, -0.25) is 24.9 Å². The van der Waals surface area contributed by atoms with Crippen molar-refractivity contribution in [1.82, 2.24) is 14.8 Å². The van der Waals surface area contributed by atoms with Crippen LogP contribution in [0.3, 0.4) is 0 Å². The van der Waals surface area contributed by atoms with Crippen molar-refractivity contribution in [3.8, 4) is 23.3 Å². The molecule has 32 heavy (non-hydrogen) atoms. The first-order valence-electron chi connectivity index (χ1n) is 10.6. The van der Waals surface area contributed by atoms with Crippen molar-refractivity contribution in [2.75, 3.05) is 32.7 Å². The molecule has 0 amide bonds. The Morgan fingerprint density at radius 1 is 1.22 bits per heavy atom. The Balaban J connectivity index is 0.00000141. The predicted molar refractivity (Wildman–Crippen MR) is 121 cm³/mol. The van der Waals surface area contributed by atoms with Crippen LogP contribution in [0, 0.1) is 27.8 Å². The van der Waals surface area contributed by atoms with E-state index in [9.17, 15) is 14.5 Å². The van der Waals surface area contributed by atoms with Gasteiger partial charge in [-0.05, 0) is 38.4 Å². The van der Waals surface area contributed by atoms with Gasteiger partial charge in [0.05, 0.1) is 23.1 Å². The molecule has 8 heteroatoms. The molecule has 3 heterocycles. The van der Waals surface area contributed by atoms with Crippen molar-refractivity contribution in [1.29, 1.82) is 0 Å². The number of nitro groups is 1. The first-order chi connectivity index (χ1) is 15.6. The molecule has 0 N–H and O–H groups in total. The maximum Gasteiger partial charge on any atom is 0.272 e. The zero-order valence-electron chi connectivity index (χ0n) is 18.0. The highest BCUT2D eigenvalue weighted by atomic mass is 19.1. The van der Waals surface area contributed by atoms with Gasteiger partial charge in [-0.2, -0.15) is 0 Å². The maximum atomic E-state index is 14.2. The van der Waals surface area contributed by atoms with Crippen LogP contribution in [-0.4, -0.2) is 58.5 Å². The van der Waals surface area contributed by atoms with E-state index in [-0.39, 0.29) is 11.4 Å². The summed E-state index contributed by atoms with van der Waals surface area (Å²) in [5.74, 6) is 5.71. The van der Waals surface area contributed by atoms with Crippen LogP contribution in [0.15, 0.2) is 49.8 Å². The molecular weight excluding hydrogens is 411 g/mol. The van der Waals surface area contributed by atoms with Gasteiger partial charge < -0.3 is 4.74 Å². The molecule has 0 aliphatic carbocycles. The minimum absolute atomic E-state index is 0.0946. The molecule has 0 bridgehead atoms. The highest BCUT2D eigenvalue weighted by Gasteiger charge is 2.28. The molecular formula is C24H27FN4O3. The summed E-state index contributed by atoms with van der Waals surface area (Å²) in [4.78, 5) is 19.1. The standard InChI is InChI=1S/C22H23FN4O3.C2H4/c23-20-14-18(27(28)29)5-6-22(20)30-21-7-9-24-15-17(21)4-3-10-25-13-8-19(16-25)26-11-1-2-12-26;1-2/h5-7,9,14-15,19H,1-2,8,10-13,16H2;1-2H2/t19-;/m0./s1. The molecule has 1 atom stereocenters. The predicted octanol–water partition coefficient (Wildman–Crippen LogP) is 4.25. The second-order valence-electron chi connectivity index (χ2n) is 7.57. The minimum atomic E-state index is -0.801. The third kappa shape index (κ3) is 5.90. The smallest absolute Gasteiger partial charge is 0.272 e. The number of benzene rings is 1. The van der Waals surface area contributed by atoms with Crippen molar-refractivity contribution >= 4 is 5.69 Å². The Morgan fingerprint density at radius 2 is 2.00 bits per heavy atom. The van der Waals surface area contributed by atoms with Gasteiger partial charge in [-0.25, -0.2) is 4.39 Å². The summed E-state index contributed by atoms with van der Waals surface area (Å²) in [6.45, 7) is 11.2. The summed E-state index contributed by atoms with van der Waals surface area (Å²) in [6.07, 6.45) is 6.89. The number of rotatable bonds is 5. The van der Waals surface area contributed by atoms with Crippen LogP contribution in [-0.2, 0) is 0 Å². The number of hydrogen-bond donors (Lipinski definition) is 0. The topological polar surface area (TPSA) is 71.7 Å². The van der Waals surface area contributed by atoms with Gasteiger partial charge >= 0.3 is 0 Å². The Bertz CT molecular complexity index is 998. The van der Waals surface area contributed by atoms with Crippen LogP contribution in [0.25, 0.3) is 0 Å². The summed E-state index contributed by atoms with van der Waals surface area (Å²) in [5.41, 5.74) is 0.220. The van der Waals surface area contributed by atoms with Gasteiger partial charge in [0.15, 0.2) is 11.6 Å². The zero-order valence-corrected chi connectivity index (χ0v) is 18.0. The molecule has 2 aliphatic rings. The van der Waals surface area contributed by atoms with E-state index < -0.39 is 10.7 Å². The molecule has 1 aromatic carbocycles. The number of hydrogen-bond acceptors (Lipinski definition) is 6. The summed E-state index contributed by atoms with van der Waals surface area (Å²) >= 11 is 0. The molecule has 0 spiro atoms. The van der Waals surface area contributed by atoms with Crippen molar-refractivity contribution < 1.29 is 14.1 Å². The molecule has 0 unspecified atom stereocenters. The third-order valence-electron chi connectivity index (χ3n) is 5.56. The third-order valence-corrected chi connectivity index (χ3v) is 5.56. The molecule has 7 nitrogen and oxygen atoms in total. The largest absolute Gasteiger partial charge is 0.453 e. The molecule has 2 aliphatic heterocycles. The molecule has 4 rings (SSSR count). The van der Waals surface area contributed by atoms with Crippen LogP contribution in [0.2, 0.25) is 0 Å². The SMILES string of the molecule is C=C.O=[N+]([O-])c1ccc(Oc2ccncc2C#CCN2CC[C@H](N3CCCC3)C2)c(F)c1. The average Bonchev–Trinajstić information content (AvgIpc) is 3.50. The van der Waals surface area contributed by atoms with Crippen molar-refractivity contribution in [3.63, 3.8) is 0 Å². The molecule has 2 aromatic rings. The van der Waals surface area contributed by atoms with E-state index in [2.05, 4.69) is 39.8 Å². The maximum absolute atomic E-state index is 14.2. The van der Waals surface area contributed by atoms with E-state index in [4.69, 9.17) is 4.74 Å². The molecule has 2 saturated heterocycles. The number of aromatic nitrogens is 1. The number of ether oxygens (including phenoxy) is 1. The van der Waals surface area contributed by atoms with Crippen molar-refractivity contribution in [2.45, 2.75) is 25.3 Å². The second kappa shape index (κ2) is 11.4. The van der Waals surface area contributed by atoms with E-state index in [0.717, 1.165) is 19.2 Å². The summed E-state index contributed by atoms with van der Waals surface area (Å²) < 4.78 is 19.8. The van der Waals surface area contributed by atoms with Gasteiger partial charge in [0, 0.05) is 43.7 Å². The van der Waals surface area contributed by atoms with Gasteiger partial charge in [0.2, 0.25) is 0 Å². The fraction of sp³-hybridized carbons (Fsp3) is 0.375. The lowest BCUT2D eigenvalue weighted by atomic mass is 10.2. The second-order valence-corrected chi connectivity index (χ2v) is 7.57. The number of likely N-dealkylation sites (tertiary alicyclic amines) is 2. The first kappa shape index (κ1) is 23.4. The lowest BCUT2D eigenvalue weighted by Gasteiger charge is -2.23. The molecule has 2 fully saturated rings. The summed E-state index contributed by atoms with van der Waals surface area (Å²) in [5, 5.41) is 10.8. The van der Waals surface area contributed by atoms with E-state index in [1.54, 1.807) is 12.3 Å². The van der Waals surface area contributed by atoms with Crippen LogP contribution >= 0.6 is 0 Å². The lowest BCUT2D eigenvalue weighted by molar-refractivity contribution is -0.385. The normalized spacial score (nSPS) is 18.3. The number of nitro benzene ring substituents is 1. The Labute approximate surface area is 187 Å². The van der Waals surface area contributed by atoms with Crippen LogP contribution < -0.4 is 4.74 Å². The number of pyridine rings is 1. The van der Waals surface area contributed by atoms with Crippen LogP contribution in [0.5, 0.6) is 11.5 Å². The fourth-order valence-electron chi connectivity index (χ4n) is 3.98. The van der Waals surface area contributed by atoms with Crippen molar-refractivity contribution in [2.24, 2.45) is 0 Å². The number of halogens is 1. The fourth-order valence-corrected chi connectivity index (χ4v) is 3.98. The highest BCUT2D eigenvalue weighted by molar-refractivity contribution is 5.47. The number of non-ortho nitro benzene ring substituents is 1. The lowest BCUT2D eigenvalue weighted by Crippen LogP contribution is -2.35. The molecule has 0 saturated carbocycles. The summed E-state index contributed by atoms with van der Waals surface area (Å²) in [6, 6.07) is 5.52. The monoisotopic (exact) mass is 438 g/mol. The summed E-state index contributed by atoms with van der Waals surface area (Å²) in [7, 11) is 0. The van der Waals surface area contributed by atoms with Gasteiger partial charge in [0.1, 0.15) is 5.75 Å². The quantitative estimate of drug-likeness (QED) is 0.301.